The van der Waals surface area contributed by atoms with Gasteiger partial charge in [-0.3, -0.25) is 0 Å². The highest BCUT2D eigenvalue weighted by Gasteiger charge is 2.41. The summed E-state index contributed by atoms with van der Waals surface area (Å²) < 4.78 is 5.61. The minimum Gasteiger partial charge on any atom is -0.506 e. The standard InChI is InChI=1S/C12H12BrNO2/c1-16-9-4-3-8(11(15)10(9)13)12(7-14)5-2-6-12/h3-4,15H,2,5-6H2,1H3. The number of benzene rings is 1. The van der Waals surface area contributed by atoms with Gasteiger partial charge in [0.2, 0.25) is 0 Å². The van der Waals surface area contributed by atoms with Gasteiger partial charge in [0.05, 0.1) is 18.6 Å². The minimum absolute atomic E-state index is 0.126. The van der Waals surface area contributed by atoms with E-state index in [1.54, 1.807) is 19.2 Å². The Morgan fingerprint density at radius 3 is 2.62 bits per heavy atom. The Labute approximate surface area is 103 Å². The van der Waals surface area contributed by atoms with E-state index in [0.29, 0.717) is 15.8 Å². The number of hydrogen-bond donors (Lipinski definition) is 1. The first-order valence-electron chi connectivity index (χ1n) is 5.12. The number of aromatic hydroxyl groups is 1. The largest absolute Gasteiger partial charge is 0.506 e. The Morgan fingerprint density at radius 2 is 2.19 bits per heavy atom. The Bertz CT molecular complexity index is 461. The van der Waals surface area contributed by atoms with Gasteiger partial charge in [-0.2, -0.15) is 5.26 Å². The molecule has 0 atom stereocenters. The van der Waals surface area contributed by atoms with Crippen LogP contribution in [0.3, 0.4) is 0 Å². The highest BCUT2D eigenvalue weighted by atomic mass is 79.9. The summed E-state index contributed by atoms with van der Waals surface area (Å²) in [6.45, 7) is 0. The summed E-state index contributed by atoms with van der Waals surface area (Å²) in [6, 6.07) is 5.87. The fourth-order valence-electron chi connectivity index (χ4n) is 2.06. The minimum atomic E-state index is -0.501. The molecule has 16 heavy (non-hydrogen) atoms. The van der Waals surface area contributed by atoms with E-state index >= 15 is 0 Å². The Hall–Kier alpha value is -1.21. The molecule has 1 fully saturated rings. The van der Waals surface area contributed by atoms with E-state index in [0.717, 1.165) is 19.3 Å². The molecule has 0 spiro atoms. The molecule has 4 heteroatoms. The molecule has 0 radical (unpaired) electrons. The molecule has 0 unspecified atom stereocenters. The molecule has 0 amide bonds. The highest BCUT2D eigenvalue weighted by Crippen LogP contribution is 2.49. The van der Waals surface area contributed by atoms with E-state index in [1.807, 2.05) is 0 Å². The molecule has 1 saturated carbocycles. The summed E-state index contributed by atoms with van der Waals surface area (Å²) >= 11 is 3.28. The van der Waals surface area contributed by atoms with Gasteiger partial charge in [0, 0.05) is 5.56 Å². The predicted octanol–water partition coefficient (Wildman–Crippen LogP) is 3.11. The predicted molar refractivity (Wildman–Crippen MR) is 63.5 cm³/mol. The average Bonchev–Trinajstić information content (AvgIpc) is 2.23. The lowest BCUT2D eigenvalue weighted by molar-refractivity contribution is 0.309. The lowest BCUT2D eigenvalue weighted by Gasteiger charge is -2.36. The van der Waals surface area contributed by atoms with Gasteiger partial charge in [-0.05, 0) is 47.3 Å². The van der Waals surface area contributed by atoms with Crippen LogP contribution in [0.25, 0.3) is 0 Å². The Balaban J connectivity index is 2.52. The van der Waals surface area contributed by atoms with Crippen molar-refractivity contribution in [1.82, 2.24) is 0 Å². The molecule has 0 bridgehead atoms. The number of rotatable bonds is 2. The van der Waals surface area contributed by atoms with E-state index in [-0.39, 0.29) is 5.75 Å². The van der Waals surface area contributed by atoms with Crippen LogP contribution in [0.4, 0.5) is 0 Å². The first-order valence-corrected chi connectivity index (χ1v) is 5.91. The lowest BCUT2D eigenvalue weighted by atomic mass is 9.65. The molecule has 1 aromatic rings. The van der Waals surface area contributed by atoms with Crippen LogP contribution < -0.4 is 4.74 Å². The number of phenols is 1. The lowest BCUT2D eigenvalue weighted by Crippen LogP contribution is -2.32. The van der Waals surface area contributed by atoms with E-state index in [2.05, 4.69) is 22.0 Å². The number of halogens is 1. The van der Waals surface area contributed by atoms with Gasteiger partial charge >= 0.3 is 0 Å². The van der Waals surface area contributed by atoms with Crippen LogP contribution in [-0.4, -0.2) is 12.2 Å². The second-order valence-electron chi connectivity index (χ2n) is 4.03. The van der Waals surface area contributed by atoms with Crippen LogP contribution in [0.2, 0.25) is 0 Å². The second kappa shape index (κ2) is 3.99. The zero-order valence-corrected chi connectivity index (χ0v) is 10.5. The van der Waals surface area contributed by atoms with Crippen molar-refractivity contribution < 1.29 is 9.84 Å². The SMILES string of the molecule is COc1ccc(C2(C#N)CCC2)c(O)c1Br. The topological polar surface area (TPSA) is 53.2 Å². The van der Waals surface area contributed by atoms with Crippen LogP contribution in [-0.2, 0) is 5.41 Å². The first-order chi connectivity index (χ1) is 7.64. The fraction of sp³-hybridized carbons (Fsp3) is 0.417. The fourth-order valence-corrected chi connectivity index (χ4v) is 2.57. The molecule has 2 rings (SSSR count). The second-order valence-corrected chi connectivity index (χ2v) is 4.82. The molecule has 0 aliphatic heterocycles. The van der Waals surface area contributed by atoms with Crippen molar-refractivity contribution in [2.24, 2.45) is 0 Å². The molecular weight excluding hydrogens is 270 g/mol. The maximum absolute atomic E-state index is 10.1. The van der Waals surface area contributed by atoms with Crippen LogP contribution in [0.1, 0.15) is 24.8 Å². The van der Waals surface area contributed by atoms with Gasteiger partial charge in [0.25, 0.3) is 0 Å². The number of nitrogens with zero attached hydrogens (tertiary/aromatic N) is 1. The smallest absolute Gasteiger partial charge is 0.138 e. The highest BCUT2D eigenvalue weighted by molar-refractivity contribution is 9.10. The third-order valence-corrected chi connectivity index (χ3v) is 4.00. The Morgan fingerprint density at radius 1 is 1.50 bits per heavy atom. The molecule has 1 aromatic carbocycles. The first kappa shape index (κ1) is 11.3. The normalized spacial score (nSPS) is 17.3. The molecule has 3 nitrogen and oxygen atoms in total. The van der Waals surface area contributed by atoms with Gasteiger partial charge in [0.15, 0.2) is 0 Å². The third-order valence-electron chi connectivity index (χ3n) is 3.24. The number of methoxy groups -OCH3 is 1. The monoisotopic (exact) mass is 281 g/mol. The quantitative estimate of drug-likeness (QED) is 0.906. The van der Waals surface area contributed by atoms with Gasteiger partial charge < -0.3 is 9.84 Å². The summed E-state index contributed by atoms with van der Waals surface area (Å²) in [5.41, 5.74) is 0.202. The van der Waals surface area contributed by atoms with E-state index in [9.17, 15) is 10.4 Å². The van der Waals surface area contributed by atoms with E-state index < -0.39 is 5.41 Å². The molecule has 84 valence electrons. The Kier molecular flexibility index (Phi) is 2.81. The maximum Gasteiger partial charge on any atom is 0.138 e. The van der Waals surface area contributed by atoms with Crippen LogP contribution in [0.5, 0.6) is 11.5 Å². The third kappa shape index (κ3) is 1.47. The van der Waals surface area contributed by atoms with Crippen molar-refractivity contribution in [3.8, 4) is 17.6 Å². The van der Waals surface area contributed by atoms with Crippen molar-refractivity contribution in [2.75, 3.05) is 7.11 Å². The molecular formula is C12H12BrNO2. The summed E-state index contributed by atoms with van der Waals surface area (Å²) in [6.07, 6.45) is 2.67. The van der Waals surface area contributed by atoms with E-state index in [4.69, 9.17) is 4.74 Å². The zero-order valence-electron chi connectivity index (χ0n) is 8.96. The van der Waals surface area contributed by atoms with Crippen molar-refractivity contribution in [1.29, 1.82) is 5.26 Å². The average molecular weight is 282 g/mol. The van der Waals surface area contributed by atoms with Gasteiger partial charge in [-0.25, -0.2) is 0 Å². The maximum atomic E-state index is 10.1. The molecule has 1 aliphatic carbocycles. The molecule has 0 heterocycles. The van der Waals surface area contributed by atoms with Crippen molar-refractivity contribution in [3.05, 3.63) is 22.2 Å². The summed E-state index contributed by atoms with van der Waals surface area (Å²) in [5.74, 6) is 0.703. The van der Waals surface area contributed by atoms with Crippen molar-refractivity contribution >= 4 is 15.9 Å². The number of hydrogen-bond acceptors (Lipinski definition) is 3. The molecule has 1 N–H and O–H groups in total. The van der Waals surface area contributed by atoms with Crippen LogP contribution in [0, 0.1) is 11.3 Å². The van der Waals surface area contributed by atoms with Crippen molar-refractivity contribution in [2.45, 2.75) is 24.7 Å². The van der Waals surface area contributed by atoms with Gasteiger partial charge in [-0.1, -0.05) is 0 Å². The summed E-state index contributed by atoms with van der Waals surface area (Å²) in [7, 11) is 1.54. The molecule has 0 saturated heterocycles. The zero-order chi connectivity index (χ0) is 11.8. The van der Waals surface area contributed by atoms with E-state index in [1.165, 1.54) is 0 Å². The summed E-state index contributed by atoms with van der Waals surface area (Å²) in [4.78, 5) is 0. The number of phenolic OH excluding ortho intramolecular Hbond substituents is 1. The number of nitriles is 1. The van der Waals surface area contributed by atoms with Crippen LogP contribution in [0.15, 0.2) is 16.6 Å². The molecule has 0 aromatic heterocycles. The number of ether oxygens (including phenoxy) is 1. The van der Waals surface area contributed by atoms with Crippen LogP contribution >= 0.6 is 15.9 Å². The van der Waals surface area contributed by atoms with Gasteiger partial charge in [0.1, 0.15) is 16.0 Å². The van der Waals surface area contributed by atoms with Gasteiger partial charge in [-0.15, -0.1) is 0 Å². The van der Waals surface area contributed by atoms with Crippen molar-refractivity contribution in [3.63, 3.8) is 0 Å². The molecule has 1 aliphatic rings. The summed E-state index contributed by atoms with van der Waals surface area (Å²) in [5, 5.41) is 19.3.